The third-order valence-electron chi connectivity index (χ3n) is 7.10. The summed E-state index contributed by atoms with van der Waals surface area (Å²) < 4.78 is 0. The van der Waals surface area contributed by atoms with Gasteiger partial charge >= 0.3 is 0 Å². The van der Waals surface area contributed by atoms with Gasteiger partial charge in [-0.3, -0.25) is 14.5 Å². The number of carbonyl (C=O) groups excluding carboxylic acids is 2. The summed E-state index contributed by atoms with van der Waals surface area (Å²) in [6.45, 7) is 13.1. The van der Waals surface area contributed by atoms with Crippen LogP contribution >= 0.6 is 0 Å². The molecule has 2 N–H and O–H groups in total. The fraction of sp³-hybridized carbons (Fsp3) is 0.692. The average Bonchev–Trinajstić information content (AvgIpc) is 3.09. The highest BCUT2D eigenvalue weighted by atomic mass is 16.2. The fourth-order valence-corrected chi connectivity index (χ4v) is 4.67. The fourth-order valence-electron chi connectivity index (χ4n) is 4.67. The van der Waals surface area contributed by atoms with Crippen molar-refractivity contribution in [1.82, 2.24) is 24.5 Å². The minimum absolute atomic E-state index is 0.139. The summed E-state index contributed by atoms with van der Waals surface area (Å²) in [5, 5.41) is 0. The lowest BCUT2D eigenvalue weighted by molar-refractivity contribution is 0.0649. The van der Waals surface area contributed by atoms with E-state index in [1.54, 1.807) is 24.3 Å². The molecule has 1 aromatic carbocycles. The summed E-state index contributed by atoms with van der Waals surface area (Å²) in [4.78, 5) is 35.6. The van der Waals surface area contributed by atoms with E-state index in [0.717, 1.165) is 52.1 Å². The van der Waals surface area contributed by atoms with Gasteiger partial charge in [-0.1, -0.05) is 12.1 Å². The SMILES string of the molecule is CN1CCN(CCCCN)CC1.CN1CCN(CCCCN2C(=O)c3ccccc3C2=O)CC1. The molecule has 1 aromatic rings. The number of fused-ring (bicyclic) bond motifs is 1. The molecule has 8 nitrogen and oxygen atoms in total. The molecule has 0 unspecified atom stereocenters. The quantitative estimate of drug-likeness (QED) is 0.429. The molecule has 0 aliphatic carbocycles. The van der Waals surface area contributed by atoms with Crippen LogP contribution in [-0.4, -0.2) is 129 Å². The highest BCUT2D eigenvalue weighted by molar-refractivity contribution is 6.21. The van der Waals surface area contributed by atoms with Crippen LogP contribution in [0.15, 0.2) is 24.3 Å². The van der Waals surface area contributed by atoms with Gasteiger partial charge in [-0.2, -0.15) is 0 Å². The van der Waals surface area contributed by atoms with E-state index >= 15 is 0 Å². The lowest BCUT2D eigenvalue weighted by Gasteiger charge is -2.32. The predicted octanol–water partition coefficient (Wildman–Crippen LogP) is 1.28. The Labute approximate surface area is 205 Å². The molecule has 190 valence electrons. The number of unbranched alkanes of at least 4 members (excludes halogenated alkanes) is 2. The second kappa shape index (κ2) is 13.9. The number of nitrogens with zero attached hydrogens (tertiary/aromatic N) is 5. The Kier molecular flexibility index (Phi) is 10.9. The van der Waals surface area contributed by atoms with Gasteiger partial charge in [0.15, 0.2) is 0 Å². The zero-order chi connectivity index (χ0) is 24.3. The Balaban J connectivity index is 0.000000229. The number of rotatable bonds is 9. The van der Waals surface area contributed by atoms with Crippen molar-refractivity contribution in [2.45, 2.75) is 25.7 Å². The van der Waals surface area contributed by atoms with E-state index in [1.165, 1.54) is 50.5 Å². The van der Waals surface area contributed by atoms with E-state index in [2.05, 4.69) is 33.7 Å². The van der Waals surface area contributed by atoms with E-state index in [-0.39, 0.29) is 11.8 Å². The molecule has 0 radical (unpaired) electrons. The van der Waals surface area contributed by atoms with Crippen molar-refractivity contribution < 1.29 is 9.59 Å². The number of nitrogens with two attached hydrogens (primary N) is 1. The third-order valence-corrected chi connectivity index (χ3v) is 7.10. The minimum Gasteiger partial charge on any atom is -0.330 e. The molecule has 3 aliphatic heterocycles. The van der Waals surface area contributed by atoms with Crippen molar-refractivity contribution in [2.24, 2.45) is 5.73 Å². The second-order valence-electron chi connectivity index (χ2n) is 9.80. The highest BCUT2D eigenvalue weighted by Gasteiger charge is 2.34. The van der Waals surface area contributed by atoms with Gasteiger partial charge in [0.25, 0.3) is 11.8 Å². The van der Waals surface area contributed by atoms with Gasteiger partial charge < -0.3 is 25.3 Å². The van der Waals surface area contributed by atoms with Crippen LogP contribution in [0.2, 0.25) is 0 Å². The van der Waals surface area contributed by atoms with Crippen LogP contribution in [0.5, 0.6) is 0 Å². The summed E-state index contributed by atoms with van der Waals surface area (Å²) in [5.41, 5.74) is 6.53. The topological polar surface area (TPSA) is 76.4 Å². The molecule has 8 heteroatoms. The summed E-state index contributed by atoms with van der Waals surface area (Å²) >= 11 is 0. The van der Waals surface area contributed by atoms with E-state index < -0.39 is 0 Å². The maximum atomic E-state index is 12.2. The van der Waals surface area contributed by atoms with Crippen molar-refractivity contribution in [3.05, 3.63) is 35.4 Å². The monoisotopic (exact) mass is 472 g/mol. The number of imide groups is 1. The molecule has 4 rings (SSSR count). The summed E-state index contributed by atoms with van der Waals surface area (Å²) in [6, 6.07) is 7.08. The van der Waals surface area contributed by atoms with Crippen LogP contribution in [0, 0.1) is 0 Å². The molecule has 0 spiro atoms. The van der Waals surface area contributed by atoms with E-state index in [9.17, 15) is 9.59 Å². The molecule has 2 amide bonds. The van der Waals surface area contributed by atoms with Crippen LogP contribution in [-0.2, 0) is 0 Å². The minimum atomic E-state index is -0.139. The molecule has 0 aromatic heterocycles. The summed E-state index contributed by atoms with van der Waals surface area (Å²) in [7, 11) is 4.34. The van der Waals surface area contributed by atoms with Gasteiger partial charge in [-0.25, -0.2) is 0 Å². The first-order valence-electron chi connectivity index (χ1n) is 13.0. The normalized spacial score (nSPS) is 20.4. The average molecular weight is 473 g/mol. The molecule has 3 heterocycles. The zero-order valence-corrected chi connectivity index (χ0v) is 21.3. The maximum absolute atomic E-state index is 12.2. The molecule has 0 atom stereocenters. The van der Waals surface area contributed by atoms with E-state index in [4.69, 9.17) is 5.73 Å². The largest absolute Gasteiger partial charge is 0.330 e. The standard InChI is InChI=1S/C17H23N3O2.C9H21N3/c1-18-10-12-19(13-11-18)8-4-5-9-20-16(21)14-6-2-3-7-15(14)17(20)22;1-11-6-8-12(9-7-11)5-3-2-4-10/h2-3,6-7H,4-5,8-13H2,1H3;2-10H2,1H3. The van der Waals surface area contributed by atoms with Crippen molar-refractivity contribution >= 4 is 11.8 Å². The van der Waals surface area contributed by atoms with Crippen LogP contribution < -0.4 is 5.73 Å². The van der Waals surface area contributed by atoms with Crippen molar-refractivity contribution in [2.75, 3.05) is 92.6 Å². The Hall–Kier alpha value is -1.84. The molecular formula is C26H44N6O2. The Morgan fingerprint density at radius 2 is 1.06 bits per heavy atom. The van der Waals surface area contributed by atoms with Gasteiger partial charge in [0.2, 0.25) is 0 Å². The Morgan fingerprint density at radius 3 is 1.50 bits per heavy atom. The summed E-state index contributed by atoms with van der Waals surface area (Å²) in [5.74, 6) is -0.277. The van der Waals surface area contributed by atoms with Crippen molar-refractivity contribution in [1.29, 1.82) is 0 Å². The van der Waals surface area contributed by atoms with E-state index in [1.807, 2.05) is 0 Å². The van der Waals surface area contributed by atoms with Crippen molar-refractivity contribution in [3.8, 4) is 0 Å². The molecule has 34 heavy (non-hydrogen) atoms. The Morgan fingerprint density at radius 1 is 0.647 bits per heavy atom. The first kappa shape index (κ1) is 26.8. The van der Waals surface area contributed by atoms with Gasteiger partial charge in [0, 0.05) is 58.9 Å². The van der Waals surface area contributed by atoms with Crippen LogP contribution in [0.25, 0.3) is 0 Å². The lowest BCUT2D eigenvalue weighted by Crippen LogP contribution is -2.44. The van der Waals surface area contributed by atoms with Gasteiger partial charge in [0.1, 0.15) is 0 Å². The van der Waals surface area contributed by atoms with Gasteiger partial charge in [0.05, 0.1) is 11.1 Å². The van der Waals surface area contributed by atoms with Crippen molar-refractivity contribution in [3.63, 3.8) is 0 Å². The summed E-state index contributed by atoms with van der Waals surface area (Å²) in [6.07, 6.45) is 4.33. The lowest BCUT2D eigenvalue weighted by atomic mass is 10.1. The molecule has 2 fully saturated rings. The van der Waals surface area contributed by atoms with E-state index in [0.29, 0.717) is 17.7 Å². The number of carbonyl (C=O) groups is 2. The van der Waals surface area contributed by atoms with Crippen LogP contribution in [0.4, 0.5) is 0 Å². The zero-order valence-electron chi connectivity index (χ0n) is 21.3. The first-order chi connectivity index (χ1) is 16.5. The molecule has 3 aliphatic rings. The van der Waals surface area contributed by atoms with Crippen LogP contribution in [0.1, 0.15) is 46.4 Å². The molecule has 0 saturated carbocycles. The Bertz CT molecular complexity index is 737. The number of hydrogen-bond donors (Lipinski definition) is 1. The number of amides is 2. The highest BCUT2D eigenvalue weighted by Crippen LogP contribution is 2.22. The number of benzene rings is 1. The smallest absolute Gasteiger partial charge is 0.261 e. The van der Waals surface area contributed by atoms with Crippen LogP contribution in [0.3, 0.4) is 0 Å². The molecule has 2 saturated heterocycles. The number of piperazine rings is 2. The van der Waals surface area contributed by atoms with Gasteiger partial charge in [-0.15, -0.1) is 0 Å². The molecule has 0 bridgehead atoms. The predicted molar refractivity (Wildman–Crippen MR) is 137 cm³/mol. The number of hydrogen-bond acceptors (Lipinski definition) is 7. The number of likely N-dealkylation sites (N-methyl/N-ethyl adjacent to an activating group) is 2. The first-order valence-corrected chi connectivity index (χ1v) is 13.0. The second-order valence-corrected chi connectivity index (χ2v) is 9.80. The molecular weight excluding hydrogens is 428 g/mol. The maximum Gasteiger partial charge on any atom is 0.261 e. The third kappa shape index (κ3) is 7.85. The van der Waals surface area contributed by atoms with Gasteiger partial charge in [-0.05, 0) is 71.5 Å².